The number of aryl methyl sites for hydroxylation is 1. The number of fused-ring (bicyclic) bond motifs is 2. The summed E-state index contributed by atoms with van der Waals surface area (Å²) in [7, 11) is 0. The smallest absolute Gasteiger partial charge is 0.339 e. The Hall–Kier alpha value is -3.01. The second kappa shape index (κ2) is 7.55. The number of hydrogen-bond donors (Lipinski definition) is 0. The van der Waals surface area contributed by atoms with E-state index in [9.17, 15) is 9.59 Å². The van der Waals surface area contributed by atoms with E-state index in [4.69, 9.17) is 9.72 Å². The lowest BCUT2D eigenvalue weighted by Gasteiger charge is -2.24. The number of carbonyl (C=O) groups excluding carboxylic acids is 2. The molecule has 0 spiro atoms. The first-order valence-electron chi connectivity index (χ1n) is 9.75. The Morgan fingerprint density at radius 2 is 1.79 bits per heavy atom. The van der Waals surface area contributed by atoms with Gasteiger partial charge in [0.1, 0.15) is 0 Å². The van der Waals surface area contributed by atoms with Crippen LogP contribution in [0.15, 0.2) is 54.6 Å². The summed E-state index contributed by atoms with van der Waals surface area (Å²) in [5.41, 5.74) is 3.86. The van der Waals surface area contributed by atoms with Crippen LogP contribution in [0.3, 0.4) is 0 Å². The van der Waals surface area contributed by atoms with Gasteiger partial charge in [0.25, 0.3) is 0 Å². The zero-order chi connectivity index (χ0) is 19.7. The molecule has 2 atom stereocenters. The molecule has 2 aromatic carbocycles. The number of benzene rings is 2. The fraction of sp³-hybridized carbons (Fsp3) is 0.292. The van der Waals surface area contributed by atoms with Gasteiger partial charge in [-0.1, -0.05) is 55.5 Å². The lowest BCUT2D eigenvalue weighted by atomic mass is 9.84. The van der Waals surface area contributed by atoms with Crippen LogP contribution in [0, 0.1) is 5.92 Å². The highest BCUT2D eigenvalue weighted by Crippen LogP contribution is 2.32. The summed E-state index contributed by atoms with van der Waals surface area (Å²) in [4.78, 5) is 30.6. The number of hydrogen-bond acceptors (Lipinski definition) is 4. The van der Waals surface area contributed by atoms with E-state index in [1.54, 1.807) is 31.2 Å². The van der Waals surface area contributed by atoms with Crippen LogP contribution >= 0.6 is 0 Å². The second-order valence-corrected chi connectivity index (χ2v) is 7.55. The molecule has 0 amide bonds. The summed E-state index contributed by atoms with van der Waals surface area (Å²) in [5, 5.41) is 0.791. The molecule has 28 heavy (non-hydrogen) atoms. The van der Waals surface area contributed by atoms with Crippen LogP contribution in [0.25, 0.3) is 10.9 Å². The molecule has 1 aliphatic rings. The molecule has 1 aliphatic carbocycles. The van der Waals surface area contributed by atoms with Crippen LogP contribution in [0.2, 0.25) is 0 Å². The molecule has 1 heterocycles. The SMILES string of the molecule is C[C@@H]1CCc2nc3ccccc3c(C(=O)O[C@@H](C)C(=O)c3ccccc3)c2C1. The van der Waals surface area contributed by atoms with Crippen molar-refractivity contribution in [1.29, 1.82) is 0 Å². The van der Waals surface area contributed by atoms with E-state index in [2.05, 4.69) is 6.92 Å². The molecule has 0 saturated heterocycles. The lowest BCUT2D eigenvalue weighted by molar-refractivity contribution is 0.0319. The number of Topliss-reactive ketones (excluding diaryl/α,β-unsaturated/α-hetero) is 1. The zero-order valence-electron chi connectivity index (χ0n) is 16.1. The van der Waals surface area contributed by atoms with Gasteiger partial charge in [0, 0.05) is 16.6 Å². The van der Waals surface area contributed by atoms with E-state index in [0.29, 0.717) is 17.0 Å². The molecule has 3 aromatic rings. The number of para-hydroxylation sites is 1. The lowest BCUT2D eigenvalue weighted by Crippen LogP contribution is -2.26. The van der Waals surface area contributed by atoms with Crippen LogP contribution < -0.4 is 0 Å². The summed E-state index contributed by atoms with van der Waals surface area (Å²) < 4.78 is 5.65. The van der Waals surface area contributed by atoms with Crippen molar-refractivity contribution in [3.8, 4) is 0 Å². The van der Waals surface area contributed by atoms with Gasteiger partial charge in [-0.05, 0) is 43.7 Å². The first kappa shape index (κ1) is 18.4. The first-order chi connectivity index (χ1) is 13.5. The number of ketones is 1. The second-order valence-electron chi connectivity index (χ2n) is 7.55. The van der Waals surface area contributed by atoms with Gasteiger partial charge in [0.2, 0.25) is 5.78 Å². The Kier molecular flexibility index (Phi) is 4.95. The fourth-order valence-electron chi connectivity index (χ4n) is 3.91. The summed E-state index contributed by atoms with van der Waals surface area (Å²) in [5.74, 6) is -0.152. The van der Waals surface area contributed by atoms with E-state index < -0.39 is 12.1 Å². The van der Waals surface area contributed by atoms with Crippen LogP contribution in [-0.2, 0) is 17.6 Å². The van der Waals surface area contributed by atoms with Gasteiger partial charge in [0.05, 0.1) is 11.1 Å². The average molecular weight is 373 g/mol. The predicted octanol–water partition coefficient (Wildman–Crippen LogP) is 4.79. The van der Waals surface area contributed by atoms with Gasteiger partial charge < -0.3 is 4.74 Å². The molecular weight excluding hydrogens is 350 g/mol. The predicted molar refractivity (Wildman–Crippen MR) is 109 cm³/mol. The number of rotatable bonds is 4. The summed E-state index contributed by atoms with van der Waals surface area (Å²) in [6, 6.07) is 16.6. The minimum Gasteiger partial charge on any atom is -0.451 e. The van der Waals surface area contributed by atoms with Gasteiger partial charge in [-0.25, -0.2) is 4.79 Å². The molecule has 4 nitrogen and oxygen atoms in total. The van der Waals surface area contributed by atoms with Crippen molar-refractivity contribution in [2.24, 2.45) is 5.92 Å². The van der Waals surface area contributed by atoms with Gasteiger partial charge in [-0.3, -0.25) is 9.78 Å². The first-order valence-corrected chi connectivity index (χ1v) is 9.75. The third-order valence-electron chi connectivity index (χ3n) is 5.42. The van der Waals surface area contributed by atoms with Crippen molar-refractivity contribution in [3.63, 3.8) is 0 Å². The maximum absolute atomic E-state index is 13.2. The maximum atomic E-state index is 13.2. The summed E-state index contributed by atoms with van der Waals surface area (Å²) in [6.45, 7) is 3.82. The Morgan fingerprint density at radius 1 is 1.07 bits per heavy atom. The average Bonchev–Trinajstić information content (AvgIpc) is 2.72. The van der Waals surface area contributed by atoms with Crippen LogP contribution in [0.5, 0.6) is 0 Å². The van der Waals surface area contributed by atoms with E-state index >= 15 is 0 Å². The standard InChI is InChI=1S/C24H23NO3/c1-15-12-13-21-19(14-15)22(18-10-6-7-11-20(18)25-21)24(27)28-16(2)23(26)17-8-4-3-5-9-17/h3-11,15-16H,12-14H2,1-2H3/t15-,16+/m1/s1. The zero-order valence-corrected chi connectivity index (χ0v) is 16.1. The van der Waals surface area contributed by atoms with Crippen molar-refractivity contribution in [2.45, 2.75) is 39.2 Å². The van der Waals surface area contributed by atoms with Gasteiger partial charge >= 0.3 is 5.97 Å². The Balaban J connectivity index is 1.71. The number of carbonyl (C=O) groups is 2. The van der Waals surface area contributed by atoms with Crippen LogP contribution in [-0.4, -0.2) is 22.8 Å². The Labute approximate surface area is 164 Å². The largest absolute Gasteiger partial charge is 0.451 e. The molecular formula is C24H23NO3. The van der Waals surface area contributed by atoms with Crippen molar-refractivity contribution in [1.82, 2.24) is 4.98 Å². The quantitative estimate of drug-likeness (QED) is 0.487. The number of aromatic nitrogens is 1. The van der Waals surface area contributed by atoms with E-state index in [-0.39, 0.29) is 5.78 Å². The molecule has 0 radical (unpaired) electrons. The Morgan fingerprint density at radius 3 is 2.57 bits per heavy atom. The summed E-state index contributed by atoms with van der Waals surface area (Å²) >= 11 is 0. The topological polar surface area (TPSA) is 56.3 Å². The molecule has 0 aliphatic heterocycles. The van der Waals surface area contributed by atoms with Gasteiger partial charge in [-0.15, -0.1) is 0 Å². The van der Waals surface area contributed by atoms with E-state index in [0.717, 1.165) is 41.4 Å². The number of ether oxygens (including phenoxy) is 1. The van der Waals surface area contributed by atoms with E-state index in [1.807, 2.05) is 30.3 Å². The highest BCUT2D eigenvalue weighted by molar-refractivity contribution is 6.07. The van der Waals surface area contributed by atoms with Crippen molar-refractivity contribution in [2.75, 3.05) is 0 Å². The van der Waals surface area contributed by atoms with Gasteiger partial charge in [-0.2, -0.15) is 0 Å². The molecule has 0 saturated carbocycles. The third kappa shape index (κ3) is 3.42. The molecule has 4 heteroatoms. The number of pyridine rings is 1. The minimum absolute atomic E-state index is 0.199. The minimum atomic E-state index is -0.849. The van der Waals surface area contributed by atoms with Crippen LogP contribution in [0.4, 0.5) is 0 Å². The molecule has 0 fully saturated rings. The molecule has 1 aromatic heterocycles. The van der Waals surface area contributed by atoms with Crippen molar-refractivity contribution in [3.05, 3.63) is 77.0 Å². The molecule has 4 rings (SSSR count). The van der Waals surface area contributed by atoms with Crippen molar-refractivity contribution >= 4 is 22.7 Å². The summed E-state index contributed by atoms with van der Waals surface area (Å²) in [6.07, 6.45) is 1.88. The van der Waals surface area contributed by atoms with E-state index in [1.165, 1.54) is 0 Å². The monoisotopic (exact) mass is 373 g/mol. The molecule has 0 N–H and O–H groups in total. The van der Waals surface area contributed by atoms with Crippen molar-refractivity contribution < 1.29 is 14.3 Å². The number of nitrogens with zero attached hydrogens (tertiary/aromatic N) is 1. The highest BCUT2D eigenvalue weighted by atomic mass is 16.5. The van der Waals surface area contributed by atoms with Gasteiger partial charge in [0.15, 0.2) is 6.10 Å². The number of esters is 1. The molecule has 0 unspecified atom stereocenters. The maximum Gasteiger partial charge on any atom is 0.339 e. The highest BCUT2D eigenvalue weighted by Gasteiger charge is 2.28. The molecule has 142 valence electrons. The fourth-order valence-corrected chi connectivity index (χ4v) is 3.91. The third-order valence-corrected chi connectivity index (χ3v) is 5.42. The molecule has 0 bridgehead atoms. The Bertz CT molecular complexity index is 1040. The normalized spacial score (nSPS) is 17.0. The van der Waals surface area contributed by atoms with Crippen LogP contribution in [0.1, 0.15) is 52.2 Å².